The molecule has 56 valence electrons. The molecule has 0 radical (unpaired) electrons. The third kappa shape index (κ3) is 7.10. The lowest BCUT2D eigenvalue weighted by Gasteiger charge is -1.76. The Balaban J connectivity index is 0.000000180. The number of benzene rings is 1. The fourth-order valence-corrected chi connectivity index (χ4v) is 0.385. The molecule has 3 nitrogen and oxygen atoms in total. The molecule has 0 bridgehead atoms. The predicted molar refractivity (Wildman–Crippen MR) is 40.4 cm³/mol. The smallest absolute Gasteiger partial charge is 0.0673 e. The van der Waals surface area contributed by atoms with E-state index in [-0.39, 0.29) is 6.67 Å². The van der Waals surface area contributed by atoms with Gasteiger partial charge in [0.15, 0.2) is 0 Å². The van der Waals surface area contributed by atoms with Gasteiger partial charge in [0.2, 0.25) is 0 Å². The highest BCUT2D eigenvalue weighted by Gasteiger charge is 1.57. The van der Waals surface area contributed by atoms with E-state index in [2.05, 4.69) is 5.73 Å². The van der Waals surface area contributed by atoms with Crippen molar-refractivity contribution in [2.75, 3.05) is 6.67 Å². The van der Waals surface area contributed by atoms with Crippen LogP contribution in [0.25, 0.3) is 0 Å². The van der Waals surface area contributed by atoms with Crippen molar-refractivity contribution in [3.63, 3.8) is 0 Å². The number of hydroxylamine groups is 1. The summed E-state index contributed by atoms with van der Waals surface area (Å²) >= 11 is 0. The average Bonchev–Trinajstić information content (AvgIpc) is 2.08. The second-order valence-corrected chi connectivity index (χ2v) is 1.52. The van der Waals surface area contributed by atoms with Gasteiger partial charge >= 0.3 is 0 Å². The Bertz CT molecular complexity index is 104. The molecule has 0 aliphatic carbocycles. The highest BCUT2D eigenvalue weighted by atomic mass is 16.5. The van der Waals surface area contributed by atoms with E-state index in [1.165, 1.54) is 0 Å². The van der Waals surface area contributed by atoms with Crippen LogP contribution in [-0.4, -0.2) is 11.9 Å². The Morgan fingerprint density at radius 3 is 1.30 bits per heavy atom. The molecule has 0 spiro atoms. The Morgan fingerprint density at radius 2 is 1.20 bits per heavy atom. The van der Waals surface area contributed by atoms with Crippen LogP contribution in [0.3, 0.4) is 0 Å². The standard InChI is InChI=1S/C6H6.CH6N2O/c1-2-4-6-5-3-1;2-1-3-4/h1-6H;3-4H,1-2H2. The Kier molecular flexibility index (Phi) is 7.37. The fourth-order valence-electron chi connectivity index (χ4n) is 0.385. The minimum atomic E-state index is 0.125. The van der Waals surface area contributed by atoms with E-state index in [1.54, 1.807) is 5.48 Å². The van der Waals surface area contributed by atoms with Crippen LogP contribution in [0.2, 0.25) is 0 Å². The molecule has 0 amide bonds. The van der Waals surface area contributed by atoms with Crippen LogP contribution in [-0.2, 0) is 0 Å². The zero-order valence-electron chi connectivity index (χ0n) is 5.70. The summed E-state index contributed by atoms with van der Waals surface area (Å²) in [4.78, 5) is 0. The van der Waals surface area contributed by atoms with Crippen LogP contribution in [0, 0.1) is 0 Å². The topological polar surface area (TPSA) is 58.3 Å². The number of hydrogen-bond donors (Lipinski definition) is 3. The first-order valence-electron chi connectivity index (χ1n) is 2.99. The van der Waals surface area contributed by atoms with Gasteiger partial charge in [0.05, 0.1) is 6.67 Å². The second-order valence-electron chi connectivity index (χ2n) is 1.52. The predicted octanol–water partition coefficient (Wildman–Crippen LogP) is 0.568. The molecule has 0 aliphatic rings. The molecule has 0 unspecified atom stereocenters. The van der Waals surface area contributed by atoms with Crippen molar-refractivity contribution in [2.45, 2.75) is 0 Å². The molecular formula is C7H12N2O. The molecule has 0 fully saturated rings. The normalized spacial score (nSPS) is 7.80. The molecule has 0 atom stereocenters. The number of nitrogens with two attached hydrogens (primary N) is 1. The third-order valence-corrected chi connectivity index (χ3v) is 0.758. The SMILES string of the molecule is NCNO.c1ccccc1. The summed E-state index contributed by atoms with van der Waals surface area (Å²) in [7, 11) is 0. The van der Waals surface area contributed by atoms with Crippen LogP contribution in [0.15, 0.2) is 36.4 Å². The van der Waals surface area contributed by atoms with E-state index in [0.717, 1.165) is 0 Å². The minimum absolute atomic E-state index is 0.125. The van der Waals surface area contributed by atoms with Gasteiger partial charge in [-0.25, -0.2) is 0 Å². The Hall–Kier alpha value is -0.900. The van der Waals surface area contributed by atoms with Crippen molar-refractivity contribution < 1.29 is 5.21 Å². The summed E-state index contributed by atoms with van der Waals surface area (Å²) in [5.74, 6) is 0. The molecule has 0 aromatic heterocycles. The summed E-state index contributed by atoms with van der Waals surface area (Å²) in [5, 5.41) is 7.50. The van der Waals surface area contributed by atoms with E-state index in [9.17, 15) is 0 Å². The first kappa shape index (κ1) is 9.10. The summed E-state index contributed by atoms with van der Waals surface area (Å²) in [5.41, 5.74) is 6.38. The number of hydrogen-bond acceptors (Lipinski definition) is 3. The zero-order valence-corrected chi connectivity index (χ0v) is 5.70. The Morgan fingerprint density at radius 1 is 1.00 bits per heavy atom. The second kappa shape index (κ2) is 8.10. The van der Waals surface area contributed by atoms with Gasteiger partial charge in [-0.2, -0.15) is 5.48 Å². The van der Waals surface area contributed by atoms with Crippen LogP contribution < -0.4 is 11.2 Å². The maximum atomic E-state index is 7.50. The van der Waals surface area contributed by atoms with Crippen molar-refractivity contribution in [3.05, 3.63) is 36.4 Å². The van der Waals surface area contributed by atoms with Gasteiger partial charge in [-0.15, -0.1) is 0 Å². The molecule has 1 rings (SSSR count). The zero-order chi connectivity index (χ0) is 7.66. The van der Waals surface area contributed by atoms with Crippen molar-refractivity contribution >= 4 is 0 Å². The highest BCUT2D eigenvalue weighted by molar-refractivity contribution is 4.99. The van der Waals surface area contributed by atoms with Crippen molar-refractivity contribution in [2.24, 2.45) is 5.73 Å². The molecule has 0 saturated carbocycles. The first-order chi connectivity index (χ1) is 4.91. The van der Waals surface area contributed by atoms with Gasteiger partial charge in [-0.3, -0.25) is 0 Å². The maximum Gasteiger partial charge on any atom is 0.0673 e. The van der Waals surface area contributed by atoms with Gasteiger partial charge in [-0.05, 0) is 0 Å². The highest BCUT2D eigenvalue weighted by Crippen LogP contribution is 1.79. The van der Waals surface area contributed by atoms with Gasteiger partial charge < -0.3 is 10.9 Å². The van der Waals surface area contributed by atoms with Crippen molar-refractivity contribution in [1.82, 2.24) is 5.48 Å². The van der Waals surface area contributed by atoms with E-state index in [1.807, 2.05) is 36.4 Å². The van der Waals surface area contributed by atoms with Crippen molar-refractivity contribution in [3.8, 4) is 0 Å². The van der Waals surface area contributed by atoms with Crippen LogP contribution in [0.5, 0.6) is 0 Å². The largest absolute Gasteiger partial charge is 0.317 e. The molecule has 0 saturated heterocycles. The minimum Gasteiger partial charge on any atom is -0.317 e. The molecular weight excluding hydrogens is 128 g/mol. The quantitative estimate of drug-likeness (QED) is 0.395. The van der Waals surface area contributed by atoms with E-state index in [4.69, 9.17) is 5.21 Å². The lowest BCUT2D eigenvalue weighted by molar-refractivity contribution is 0.170. The molecule has 10 heavy (non-hydrogen) atoms. The molecule has 4 N–H and O–H groups in total. The van der Waals surface area contributed by atoms with E-state index < -0.39 is 0 Å². The lowest BCUT2D eigenvalue weighted by atomic mass is 10.4. The molecule has 1 aromatic rings. The first-order valence-corrected chi connectivity index (χ1v) is 2.99. The van der Waals surface area contributed by atoms with E-state index in [0.29, 0.717) is 0 Å². The molecule has 0 aliphatic heterocycles. The van der Waals surface area contributed by atoms with Gasteiger partial charge in [0.25, 0.3) is 0 Å². The van der Waals surface area contributed by atoms with Gasteiger partial charge in [-0.1, -0.05) is 36.4 Å². The Labute approximate surface area is 60.4 Å². The summed E-state index contributed by atoms with van der Waals surface area (Å²) in [6, 6.07) is 12.0. The lowest BCUT2D eigenvalue weighted by Crippen LogP contribution is -2.16. The average molecular weight is 140 g/mol. The molecule has 3 heteroatoms. The third-order valence-electron chi connectivity index (χ3n) is 0.758. The van der Waals surface area contributed by atoms with Crippen molar-refractivity contribution in [1.29, 1.82) is 0 Å². The maximum absolute atomic E-state index is 7.50. The number of nitrogens with one attached hydrogen (secondary N) is 1. The summed E-state index contributed by atoms with van der Waals surface area (Å²) in [6.07, 6.45) is 0. The summed E-state index contributed by atoms with van der Waals surface area (Å²) in [6.45, 7) is 0.125. The van der Waals surface area contributed by atoms with Crippen LogP contribution >= 0.6 is 0 Å². The molecule has 1 aromatic carbocycles. The van der Waals surface area contributed by atoms with Crippen LogP contribution in [0.4, 0.5) is 0 Å². The number of rotatable bonds is 1. The van der Waals surface area contributed by atoms with Gasteiger partial charge in [0.1, 0.15) is 0 Å². The monoisotopic (exact) mass is 140 g/mol. The summed E-state index contributed by atoms with van der Waals surface area (Å²) < 4.78 is 0. The molecule has 0 heterocycles. The van der Waals surface area contributed by atoms with E-state index >= 15 is 0 Å². The van der Waals surface area contributed by atoms with Crippen LogP contribution in [0.1, 0.15) is 0 Å². The fraction of sp³-hybridized carbons (Fsp3) is 0.143. The van der Waals surface area contributed by atoms with Gasteiger partial charge in [0, 0.05) is 0 Å².